The highest BCUT2D eigenvalue weighted by Gasteiger charge is 2.40. The van der Waals surface area contributed by atoms with E-state index < -0.39 is 0 Å². The van der Waals surface area contributed by atoms with Gasteiger partial charge < -0.3 is 20.3 Å². The molecule has 2 N–H and O–H groups in total. The van der Waals surface area contributed by atoms with Crippen LogP contribution in [0.1, 0.15) is 32.6 Å². The average Bonchev–Trinajstić information content (AvgIpc) is 3.18. The van der Waals surface area contributed by atoms with Gasteiger partial charge in [0.1, 0.15) is 0 Å². The van der Waals surface area contributed by atoms with Gasteiger partial charge in [0.15, 0.2) is 5.96 Å². The van der Waals surface area contributed by atoms with Crippen molar-refractivity contribution in [2.75, 3.05) is 77.1 Å². The molecule has 3 saturated heterocycles. The minimum atomic E-state index is 0.226. The third-order valence-corrected chi connectivity index (χ3v) is 7.04. The van der Waals surface area contributed by atoms with Crippen LogP contribution in [0.2, 0.25) is 0 Å². The summed E-state index contributed by atoms with van der Waals surface area (Å²) in [4.78, 5) is 10.2. The molecular weight excluding hydrogens is 346 g/mol. The van der Waals surface area contributed by atoms with E-state index in [-0.39, 0.29) is 5.54 Å². The van der Waals surface area contributed by atoms with Crippen molar-refractivity contribution in [3.8, 4) is 0 Å². The molecule has 0 aliphatic carbocycles. The molecule has 26 heavy (non-hydrogen) atoms. The Balaban J connectivity index is 1.52. The maximum absolute atomic E-state index is 5.57. The van der Waals surface area contributed by atoms with Gasteiger partial charge in [0, 0.05) is 38.5 Å². The number of nitrogens with one attached hydrogen (secondary N) is 2. The minimum absolute atomic E-state index is 0.226. The van der Waals surface area contributed by atoms with E-state index in [1.54, 1.807) is 0 Å². The first kappa shape index (κ1) is 20.2. The molecule has 0 bridgehead atoms. The lowest BCUT2D eigenvalue weighted by Crippen LogP contribution is -2.56. The Hall–Kier alpha value is -0.500. The van der Waals surface area contributed by atoms with Gasteiger partial charge in [-0.3, -0.25) is 9.89 Å². The second-order valence-electron chi connectivity index (χ2n) is 7.65. The summed E-state index contributed by atoms with van der Waals surface area (Å²) in [5.74, 6) is 3.43. The number of nitrogens with zero attached hydrogens (tertiary/aromatic N) is 3. The zero-order valence-electron chi connectivity index (χ0n) is 16.5. The number of ether oxygens (including phenoxy) is 1. The van der Waals surface area contributed by atoms with Gasteiger partial charge in [0.25, 0.3) is 0 Å². The van der Waals surface area contributed by atoms with E-state index in [1.807, 2.05) is 0 Å². The van der Waals surface area contributed by atoms with Crippen LogP contribution in [-0.2, 0) is 4.74 Å². The van der Waals surface area contributed by atoms with E-state index in [2.05, 4.69) is 39.1 Å². The van der Waals surface area contributed by atoms with Crippen molar-refractivity contribution in [2.45, 2.75) is 38.1 Å². The quantitative estimate of drug-likeness (QED) is 0.510. The molecule has 3 fully saturated rings. The van der Waals surface area contributed by atoms with Crippen LogP contribution in [0.3, 0.4) is 0 Å². The van der Waals surface area contributed by atoms with Crippen LogP contribution in [0.5, 0.6) is 0 Å². The predicted molar refractivity (Wildman–Crippen MR) is 111 cm³/mol. The molecule has 3 aliphatic heterocycles. The maximum Gasteiger partial charge on any atom is 0.191 e. The predicted octanol–water partition coefficient (Wildman–Crippen LogP) is 1.24. The number of hydrogen-bond donors (Lipinski definition) is 2. The summed E-state index contributed by atoms with van der Waals surface area (Å²) in [6.07, 6.45) is 5.35. The monoisotopic (exact) mass is 383 g/mol. The Bertz CT molecular complexity index is 430. The molecule has 3 heterocycles. The summed E-state index contributed by atoms with van der Waals surface area (Å²) in [6, 6.07) is 0. The molecule has 0 aromatic heterocycles. The standard InChI is InChI=1S/C19H37N5OS/c1-2-20-18(21-7-10-23-8-4-3-5-9-23)22-16-19(6-15-26-17-19)24-11-13-25-14-12-24/h2-17H2,1H3,(H2,20,21,22). The third-order valence-electron chi connectivity index (χ3n) is 5.81. The molecule has 0 aromatic carbocycles. The number of guanidine groups is 1. The van der Waals surface area contributed by atoms with Crippen LogP contribution >= 0.6 is 11.8 Å². The van der Waals surface area contributed by atoms with E-state index in [0.717, 1.165) is 58.4 Å². The summed E-state index contributed by atoms with van der Waals surface area (Å²) in [6.45, 7) is 12.4. The van der Waals surface area contributed by atoms with Gasteiger partial charge in [0.05, 0.1) is 25.3 Å². The van der Waals surface area contributed by atoms with Crippen molar-refractivity contribution in [3.05, 3.63) is 0 Å². The van der Waals surface area contributed by atoms with Crippen LogP contribution in [-0.4, -0.2) is 98.4 Å². The highest BCUT2D eigenvalue weighted by Crippen LogP contribution is 2.34. The Morgan fingerprint density at radius 2 is 1.92 bits per heavy atom. The highest BCUT2D eigenvalue weighted by atomic mass is 32.2. The van der Waals surface area contributed by atoms with Gasteiger partial charge in [-0.25, -0.2) is 0 Å². The zero-order chi connectivity index (χ0) is 18.1. The largest absolute Gasteiger partial charge is 0.379 e. The summed E-state index contributed by atoms with van der Waals surface area (Å²) in [7, 11) is 0. The Kier molecular flexibility index (Phi) is 8.36. The number of aliphatic imine (C=N–C) groups is 1. The second kappa shape index (κ2) is 10.7. The molecule has 3 aliphatic rings. The van der Waals surface area contributed by atoms with Crippen molar-refractivity contribution in [3.63, 3.8) is 0 Å². The Morgan fingerprint density at radius 1 is 1.12 bits per heavy atom. The fourth-order valence-electron chi connectivity index (χ4n) is 4.19. The van der Waals surface area contributed by atoms with Crippen molar-refractivity contribution < 1.29 is 4.74 Å². The number of hydrogen-bond acceptors (Lipinski definition) is 5. The Morgan fingerprint density at radius 3 is 2.62 bits per heavy atom. The fourth-order valence-corrected chi connectivity index (χ4v) is 5.66. The molecule has 0 amide bonds. The van der Waals surface area contributed by atoms with Crippen molar-refractivity contribution in [2.24, 2.45) is 4.99 Å². The molecule has 1 atom stereocenters. The smallest absolute Gasteiger partial charge is 0.191 e. The first-order valence-corrected chi connectivity index (χ1v) is 11.6. The van der Waals surface area contributed by atoms with E-state index in [4.69, 9.17) is 9.73 Å². The van der Waals surface area contributed by atoms with Crippen LogP contribution in [0, 0.1) is 0 Å². The van der Waals surface area contributed by atoms with Crippen molar-refractivity contribution >= 4 is 17.7 Å². The lowest BCUT2D eigenvalue weighted by atomic mass is 9.96. The molecule has 3 rings (SSSR count). The van der Waals surface area contributed by atoms with Crippen molar-refractivity contribution in [1.29, 1.82) is 0 Å². The number of rotatable bonds is 7. The Labute approximate surface area is 163 Å². The summed E-state index contributed by atoms with van der Waals surface area (Å²) in [5, 5.41) is 6.99. The number of morpholine rings is 1. The first-order chi connectivity index (χ1) is 12.8. The molecule has 1 unspecified atom stereocenters. The van der Waals surface area contributed by atoms with Crippen LogP contribution in [0.4, 0.5) is 0 Å². The van der Waals surface area contributed by atoms with E-state index in [9.17, 15) is 0 Å². The molecule has 0 radical (unpaired) electrons. The van der Waals surface area contributed by atoms with Gasteiger partial charge in [-0.05, 0) is 45.0 Å². The molecule has 0 aromatic rings. The summed E-state index contributed by atoms with van der Waals surface area (Å²) >= 11 is 2.08. The fraction of sp³-hybridized carbons (Fsp3) is 0.947. The summed E-state index contributed by atoms with van der Waals surface area (Å²) in [5.41, 5.74) is 0.226. The lowest BCUT2D eigenvalue weighted by Gasteiger charge is -2.42. The molecule has 0 saturated carbocycles. The highest BCUT2D eigenvalue weighted by molar-refractivity contribution is 7.99. The zero-order valence-corrected chi connectivity index (χ0v) is 17.3. The van der Waals surface area contributed by atoms with Crippen LogP contribution in [0.15, 0.2) is 4.99 Å². The van der Waals surface area contributed by atoms with Gasteiger partial charge in [-0.2, -0.15) is 11.8 Å². The second-order valence-corrected chi connectivity index (χ2v) is 8.76. The van der Waals surface area contributed by atoms with Gasteiger partial charge in [0.2, 0.25) is 0 Å². The maximum atomic E-state index is 5.57. The number of thioether (sulfide) groups is 1. The third kappa shape index (κ3) is 5.75. The molecular formula is C19H37N5OS. The summed E-state index contributed by atoms with van der Waals surface area (Å²) < 4.78 is 5.57. The molecule has 6 nitrogen and oxygen atoms in total. The normalized spacial score (nSPS) is 29.0. The van der Waals surface area contributed by atoms with Gasteiger partial charge in [-0.1, -0.05) is 6.42 Å². The molecule has 7 heteroatoms. The van der Waals surface area contributed by atoms with Crippen molar-refractivity contribution in [1.82, 2.24) is 20.4 Å². The topological polar surface area (TPSA) is 52.1 Å². The first-order valence-electron chi connectivity index (χ1n) is 10.5. The molecule has 0 spiro atoms. The van der Waals surface area contributed by atoms with E-state index in [0.29, 0.717) is 0 Å². The van der Waals surface area contributed by atoms with Crippen LogP contribution in [0.25, 0.3) is 0 Å². The molecule has 150 valence electrons. The minimum Gasteiger partial charge on any atom is -0.379 e. The van der Waals surface area contributed by atoms with Gasteiger partial charge >= 0.3 is 0 Å². The number of likely N-dealkylation sites (tertiary alicyclic amines) is 1. The van der Waals surface area contributed by atoms with E-state index >= 15 is 0 Å². The van der Waals surface area contributed by atoms with E-state index in [1.165, 1.54) is 50.3 Å². The average molecular weight is 384 g/mol. The SMILES string of the molecule is CCNC(=NCC1(N2CCOCC2)CCSC1)NCCN1CCCCC1. The lowest BCUT2D eigenvalue weighted by molar-refractivity contribution is -0.0104. The van der Waals surface area contributed by atoms with Gasteiger partial charge in [-0.15, -0.1) is 0 Å². The van der Waals surface area contributed by atoms with Crippen LogP contribution < -0.4 is 10.6 Å². The number of piperidine rings is 1.